The molecule has 3 N–H and O–H groups in total. The van der Waals surface area contributed by atoms with Crippen LogP contribution in [-0.4, -0.2) is 17.2 Å². The molecule has 0 unspecified atom stereocenters. The summed E-state index contributed by atoms with van der Waals surface area (Å²) in [6.07, 6.45) is 4.49. The first-order valence-corrected chi connectivity index (χ1v) is 7.02. The quantitative estimate of drug-likeness (QED) is 0.780. The highest BCUT2D eigenvalue weighted by Crippen LogP contribution is 2.29. The van der Waals surface area contributed by atoms with Crippen LogP contribution in [0.25, 0.3) is 10.8 Å². The van der Waals surface area contributed by atoms with Gasteiger partial charge in [0.2, 0.25) is 0 Å². The minimum absolute atomic E-state index is 0.173. The Labute approximate surface area is 117 Å². The number of fused-ring (bicyclic) bond motifs is 1. The van der Waals surface area contributed by atoms with E-state index in [-0.39, 0.29) is 11.8 Å². The summed E-state index contributed by atoms with van der Waals surface area (Å²) in [7, 11) is 0. The Hall–Kier alpha value is -2.23. The first kappa shape index (κ1) is 12.8. The fraction of sp³-hybridized carbons (Fsp3) is 0.312. The Bertz CT molecular complexity index is 633. The van der Waals surface area contributed by atoms with Gasteiger partial charge in [-0.15, -0.1) is 0 Å². The molecular formula is C16H18N2O2. The molecule has 4 heteroatoms. The third-order valence-electron chi connectivity index (χ3n) is 3.84. The monoisotopic (exact) mass is 270 g/mol. The maximum atomic E-state index is 12.0. The van der Waals surface area contributed by atoms with E-state index in [4.69, 9.17) is 0 Å². The van der Waals surface area contributed by atoms with Crippen LogP contribution in [0, 0.1) is 0 Å². The van der Waals surface area contributed by atoms with Crippen LogP contribution < -0.4 is 10.6 Å². The number of hydrogen-bond donors (Lipinski definition) is 3. The number of urea groups is 1. The molecule has 4 nitrogen and oxygen atoms in total. The van der Waals surface area contributed by atoms with Crippen molar-refractivity contribution in [3.8, 4) is 5.75 Å². The van der Waals surface area contributed by atoms with Crippen LogP contribution in [0.2, 0.25) is 0 Å². The number of benzene rings is 2. The van der Waals surface area contributed by atoms with Crippen molar-refractivity contribution in [3.63, 3.8) is 0 Å². The van der Waals surface area contributed by atoms with Gasteiger partial charge in [-0.25, -0.2) is 4.79 Å². The smallest absolute Gasteiger partial charge is 0.319 e. The third-order valence-corrected chi connectivity index (χ3v) is 3.84. The van der Waals surface area contributed by atoms with Gasteiger partial charge < -0.3 is 15.7 Å². The summed E-state index contributed by atoms with van der Waals surface area (Å²) >= 11 is 0. The summed E-state index contributed by atoms with van der Waals surface area (Å²) in [4.78, 5) is 12.0. The largest absolute Gasteiger partial charge is 0.507 e. The number of nitrogens with one attached hydrogen (secondary N) is 2. The predicted molar refractivity (Wildman–Crippen MR) is 80.0 cm³/mol. The molecule has 0 aromatic heterocycles. The summed E-state index contributed by atoms with van der Waals surface area (Å²) in [6.45, 7) is 0. The summed E-state index contributed by atoms with van der Waals surface area (Å²) in [5.74, 6) is 0.224. The Morgan fingerprint density at radius 1 is 1.05 bits per heavy atom. The van der Waals surface area contributed by atoms with Crippen LogP contribution in [0.1, 0.15) is 25.7 Å². The van der Waals surface area contributed by atoms with E-state index in [1.54, 1.807) is 12.1 Å². The Balaban J connectivity index is 1.80. The van der Waals surface area contributed by atoms with Crippen LogP contribution in [0.5, 0.6) is 5.75 Å². The fourth-order valence-electron chi connectivity index (χ4n) is 2.82. The number of carbonyl (C=O) groups excluding carboxylic acids is 1. The number of anilines is 1. The molecule has 0 aliphatic heterocycles. The zero-order chi connectivity index (χ0) is 13.9. The molecule has 104 valence electrons. The summed E-state index contributed by atoms with van der Waals surface area (Å²) in [6, 6.07) is 10.9. The van der Waals surface area contributed by atoms with Crippen LogP contribution >= 0.6 is 0 Å². The van der Waals surface area contributed by atoms with Gasteiger partial charge in [-0.3, -0.25) is 0 Å². The van der Waals surface area contributed by atoms with Gasteiger partial charge in [0.25, 0.3) is 0 Å². The van der Waals surface area contributed by atoms with Crippen molar-refractivity contribution in [2.45, 2.75) is 31.7 Å². The van der Waals surface area contributed by atoms with Crippen LogP contribution in [0.3, 0.4) is 0 Å². The van der Waals surface area contributed by atoms with E-state index >= 15 is 0 Å². The van der Waals surface area contributed by atoms with Crippen molar-refractivity contribution in [2.24, 2.45) is 0 Å². The molecule has 1 aliphatic carbocycles. The van der Waals surface area contributed by atoms with Gasteiger partial charge in [0.15, 0.2) is 0 Å². The van der Waals surface area contributed by atoms with E-state index < -0.39 is 0 Å². The van der Waals surface area contributed by atoms with E-state index in [0.29, 0.717) is 11.7 Å². The molecule has 0 bridgehead atoms. The molecule has 2 aromatic rings. The molecule has 0 radical (unpaired) electrons. The lowest BCUT2D eigenvalue weighted by Crippen LogP contribution is -2.36. The number of hydrogen-bond acceptors (Lipinski definition) is 2. The highest BCUT2D eigenvalue weighted by Gasteiger charge is 2.17. The fourth-order valence-corrected chi connectivity index (χ4v) is 2.82. The van der Waals surface area contributed by atoms with Gasteiger partial charge in [0.05, 0.1) is 5.69 Å². The molecule has 0 saturated heterocycles. The van der Waals surface area contributed by atoms with Crippen molar-refractivity contribution in [3.05, 3.63) is 36.4 Å². The van der Waals surface area contributed by atoms with E-state index in [2.05, 4.69) is 10.6 Å². The van der Waals surface area contributed by atoms with Gasteiger partial charge in [0.1, 0.15) is 5.75 Å². The molecule has 3 rings (SSSR count). The Morgan fingerprint density at radius 3 is 2.55 bits per heavy atom. The van der Waals surface area contributed by atoms with Gasteiger partial charge in [-0.1, -0.05) is 37.1 Å². The third kappa shape index (κ3) is 2.54. The molecule has 20 heavy (non-hydrogen) atoms. The van der Waals surface area contributed by atoms with Crippen molar-refractivity contribution < 1.29 is 9.90 Å². The van der Waals surface area contributed by atoms with E-state index in [1.165, 1.54) is 12.8 Å². The normalized spacial score (nSPS) is 15.4. The summed E-state index contributed by atoms with van der Waals surface area (Å²) < 4.78 is 0. The number of phenols is 1. The van der Waals surface area contributed by atoms with Gasteiger partial charge in [-0.05, 0) is 25.0 Å². The van der Waals surface area contributed by atoms with Crippen molar-refractivity contribution >= 4 is 22.5 Å². The minimum atomic E-state index is -0.173. The maximum Gasteiger partial charge on any atom is 0.319 e. The van der Waals surface area contributed by atoms with Crippen LogP contribution in [0.15, 0.2) is 36.4 Å². The van der Waals surface area contributed by atoms with E-state index in [9.17, 15) is 9.90 Å². The first-order valence-electron chi connectivity index (χ1n) is 7.02. The van der Waals surface area contributed by atoms with Crippen molar-refractivity contribution in [1.82, 2.24) is 5.32 Å². The Kier molecular flexibility index (Phi) is 3.46. The first-order chi connectivity index (χ1) is 9.74. The summed E-state index contributed by atoms with van der Waals surface area (Å²) in [5, 5.41) is 17.3. The average Bonchev–Trinajstić information content (AvgIpc) is 2.93. The van der Waals surface area contributed by atoms with Crippen molar-refractivity contribution in [2.75, 3.05) is 5.32 Å². The molecule has 2 amide bonds. The Morgan fingerprint density at radius 2 is 1.75 bits per heavy atom. The van der Waals surface area contributed by atoms with E-state index in [1.807, 2.05) is 24.3 Å². The number of carbonyl (C=O) groups is 1. The summed E-state index contributed by atoms with van der Waals surface area (Å²) in [5.41, 5.74) is 0.717. The number of amides is 2. The van der Waals surface area contributed by atoms with Crippen LogP contribution in [0.4, 0.5) is 10.5 Å². The minimum Gasteiger partial charge on any atom is -0.507 e. The van der Waals surface area contributed by atoms with E-state index in [0.717, 1.165) is 23.6 Å². The average molecular weight is 270 g/mol. The molecule has 0 atom stereocenters. The standard InChI is InChI=1S/C16H18N2O2/c19-15-10-4-7-12-13(15)8-3-9-14(12)18-16(20)17-11-5-1-2-6-11/h3-4,7-11,19H,1-2,5-6H2,(H2,17,18,20). The SMILES string of the molecule is O=C(Nc1cccc2c(O)cccc12)NC1CCCC1. The number of aromatic hydroxyl groups is 1. The van der Waals surface area contributed by atoms with Crippen LogP contribution in [-0.2, 0) is 0 Å². The number of rotatable bonds is 2. The number of phenolic OH excluding ortho intramolecular Hbond substituents is 1. The molecule has 1 saturated carbocycles. The highest BCUT2D eigenvalue weighted by molar-refractivity contribution is 6.03. The second kappa shape index (κ2) is 5.41. The molecule has 0 spiro atoms. The lowest BCUT2D eigenvalue weighted by molar-refractivity contribution is 0.248. The molecular weight excluding hydrogens is 252 g/mol. The molecule has 1 fully saturated rings. The molecule has 0 heterocycles. The molecule has 2 aromatic carbocycles. The van der Waals surface area contributed by atoms with Gasteiger partial charge in [-0.2, -0.15) is 0 Å². The lowest BCUT2D eigenvalue weighted by Gasteiger charge is -2.14. The predicted octanol–water partition coefficient (Wildman–Crippen LogP) is 3.61. The maximum absolute atomic E-state index is 12.0. The highest BCUT2D eigenvalue weighted by atomic mass is 16.3. The topological polar surface area (TPSA) is 61.4 Å². The molecule has 1 aliphatic rings. The zero-order valence-corrected chi connectivity index (χ0v) is 11.2. The lowest BCUT2D eigenvalue weighted by atomic mass is 10.1. The van der Waals surface area contributed by atoms with Crippen molar-refractivity contribution in [1.29, 1.82) is 0 Å². The van der Waals surface area contributed by atoms with Gasteiger partial charge in [0, 0.05) is 16.8 Å². The second-order valence-corrected chi connectivity index (χ2v) is 5.26. The zero-order valence-electron chi connectivity index (χ0n) is 11.2. The van der Waals surface area contributed by atoms with Gasteiger partial charge >= 0.3 is 6.03 Å². The second-order valence-electron chi connectivity index (χ2n) is 5.26.